The highest BCUT2D eigenvalue weighted by molar-refractivity contribution is 7.92. The van der Waals surface area contributed by atoms with Crippen molar-refractivity contribution in [3.05, 3.63) is 24.3 Å². The SMILES string of the molecule is CS(=O)(=O)N1CCC(C(=O)NC2CC3CCC2C3)Oc2ccccc21. The second-order valence-corrected chi connectivity index (χ2v) is 9.39. The first-order valence-electron chi connectivity index (χ1n) is 8.95. The Balaban J connectivity index is 1.52. The first kappa shape index (κ1) is 16.7. The second kappa shape index (κ2) is 6.20. The fraction of sp³-hybridized carbons (Fsp3) is 0.611. The fourth-order valence-electron chi connectivity index (χ4n) is 4.56. The first-order valence-corrected chi connectivity index (χ1v) is 10.8. The van der Waals surface area contributed by atoms with Gasteiger partial charge in [0.1, 0.15) is 5.75 Å². The van der Waals surface area contributed by atoms with Crippen LogP contribution in [0.2, 0.25) is 0 Å². The zero-order chi connectivity index (χ0) is 17.6. The van der Waals surface area contributed by atoms with E-state index in [1.54, 1.807) is 24.3 Å². The standard InChI is InChI=1S/C18H24N2O4S/c1-25(22,23)20-9-8-17(24-16-5-3-2-4-15(16)20)18(21)19-14-11-12-6-7-13(14)10-12/h2-5,12-14,17H,6-11H2,1H3,(H,19,21). The van der Waals surface area contributed by atoms with Crippen LogP contribution in [0.1, 0.15) is 32.1 Å². The van der Waals surface area contributed by atoms with Crippen molar-refractivity contribution in [2.24, 2.45) is 11.8 Å². The Hall–Kier alpha value is -1.76. The van der Waals surface area contributed by atoms with Crippen LogP contribution in [0.15, 0.2) is 24.3 Å². The van der Waals surface area contributed by atoms with Gasteiger partial charge in [-0.25, -0.2) is 8.42 Å². The van der Waals surface area contributed by atoms with Gasteiger partial charge in [0.05, 0.1) is 11.9 Å². The molecule has 0 aromatic heterocycles. The Morgan fingerprint density at radius 3 is 2.68 bits per heavy atom. The van der Waals surface area contributed by atoms with Gasteiger partial charge in [0, 0.05) is 19.0 Å². The van der Waals surface area contributed by atoms with Crippen molar-refractivity contribution < 1.29 is 17.9 Å². The molecule has 136 valence electrons. The molecule has 2 saturated carbocycles. The van der Waals surface area contributed by atoms with E-state index < -0.39 is 16.1 Å². The predicted molar refractivity (Wildman–Crippen MR) is 95.0 cm³/mol. The second-order valence-electron chi connectivity index (χ2n) is 7.49. The summed E-state index contributed by atoms with van der Waals surface area (Å²) in [7, 11) is -3.42. The minimum absolute atomic E-state index is 0.122. The van der Waals surface area contributed by atoms with Crippen molar-refractivity contribution in [1.29, 1.82) is 0 Å². The summed E-state index contributed by atoms with van der Waals surface area (Å²) in [5.41, 5.74) is 0.500. The molecule has 7 heteroatoms. The summed E-state index contributed by atoms with van der Waals surface area (Å²) in [4.78, 5) is 12.7. The highest BCUT2D eigenvalue weighted by atomic mass is 32.2. The maximum atomic E-state index is 12.7. The molecule has 0 saturated heterocycles. The Kier molecular flexibility index (Phi) is 4.14. The Morgan fingerprint density at radius 2 is 2.00 bits per heavy atom. The molecule has 1 N–H and O–H groups in total. The molecule has 0 radical (unpaired) electrons. The third-order valence-electron chi connectivity index (χ3n) is 5.76. The molecule has 1 aromatic rings. The van der Waals surface area contributed by atoms with E-state index in [0.29, 0.717) is 23.8 Å². The number of para-hydroxylation sites is 2. The third-order valence-corrected chi connectivity index (χ3v) is 6.94. The predicted octanol–water partition coefficient (Wildman–Crippen LogP) is 1.91. The van der Waals surface area contributed by atoms with E-state index in [0.717, 1.165) is 12.3 Å². The van der Waals surface area contributed by atoms with Crippen LogP contribution in [0, 0.1) is 11.8 Å². The molecule has 1 aliphatic heterocycles. The van der Waals surface area contributed by atoms with Gasteiger partial charge in [-0.05, 0) is 43.2 Å². The summed E-state index contributed by atoms with van der Waals surface area (Å²) in [5, 5.41) is 3.16. The summed E-state index contributed by atoms with van der Waals surface area (Å²) >= 11 is 0. The number of amides is 1. The van der Waals surface area contributed by atoms with Crippen molar-refractivity contribution >= 4 is 21.6 Å². The van der Waals surface area contributed by atoms with Gasteiger partial charge >= 0.3 is 0 Å². The highest BCUT2D eigenvalue weighted by Crippen LogP contribution is 2.44. The van der Waals surface area contributed by atoms with E-state index in [1.807, 2.05) is 0 Å². The lowest BCUT2D eigenvalue weighted by molar-refractivity contribution is -0.129. The number of hydrogen-bond acceptors (Lipinski definition) is 4. The molecule has 3 aliphatic rings. The molecule has 2 fully saturated rings. The summed E-state index contributed by atoms with van der Waals surface area (Å²) in [5.74, 6) is 1.67. The Labute approximate surface area is 148 Å². The summed E-state index contributed by atoms with van der Waals surface area (Å²) in [6, 6.07) is 7.24. The number of rotatable bonds is 3. The van der Waals surface area contributed by atoms with Crippen molar-refractivity contribution in [3.8, 4) is 5.75 Å². The zero-order valence-corrected chi connectivity index (χ0v) is 15.2. The molecule has 1 amide bonds. The van der Waals surface area contributed by atoms with Gasteiger partial charge in [-0.3, -0.25) is 9.10 Å². The van der Waals surface area contributed by atoms with Gasteiger partial charge in [0.2, 0.25) is 10.0 Å². The lowest BCUT2D eigenvalue weighted by Gasteiger charge is -2.25. The fourth-order valence-corrected chi connectivity index (χ4v) is 5.50. The molecular formula is C18H24N2O4S. The average molecular weight is 364 g/mol. The van der Waals surface area contributed by atoms with Gasteiger partial charge < -0.3 is 10.1 Å². The molecular weight excluding hydrogens is 340 g/mol. The van der Waals surface area contributed by atoms with Gasteiger partial charge in [-0.15, -0.1) is 0 Å². The van der Waals surface area contributed by atoms with E-state index >= 15 is 0 Å². The average Bonchev–Trinajstić information content (AvgIpc) is 3.10. The summed E-state index contributed by atoms with van der Waals surface area (Å²) in [6.07, 6.45) is 5.64. The van der Waals surface area contributed by atoms with Crippen molar-refractivity contribution in [2.75, 3.05) is 17.1 Å². The summed E-state index contributed by atoms with van der Waals surface area (Å²) in [6.45, 7) is 0.241. The number of carbonyl (C=O) groups is 1. The third kappa shape index (κ3) is 3.21. The lowest BCUT2D eigenvalue weighted by Crippen LogP contribution is -2.46. The van der Waals surface area contributed by atoms with Crippen LogP contribution in [-0.4, -0.2) is 39.3 Å². The normalized spacial score (nSPS) is 31.2. The van der Waals surface area contributed by atoms with Crippen LogP contribution in [0.25, 0.3) is 0 Å². The Bertz CT molecular complexity index is 779. The quantitative estimate of drug-likeness (QED) is 0.889. The maximum absolute atomic E-state index is 12.7. The molecule has 1 heterocycles. The molecule has 4 rings (SSSR count). The molecule has 2 aliphatic carbocycles. The molecule has 0 spiro atoms. The lowest BCUT2D eigenvalue weighted by atomic mass is 9.95. The number of ether oxygens (including phenoxy) is 1. The minimum Gasteiger partial charge on any atom is -0.478 e. The number of nitrogens with one attached hydrogen (secondary N) is 1. The van der Waals surface area contributed by atoms with Gasteiger partial charge in [-0.2, -0.15) is 0 Å². The number of carbonyl (C=O) groups excluding carboxylic acids is 1. The largest absolute Gasteiger partial charge is 0.478 e. The number of anilines is 1. The topological polar surface area (TPSA) is 75.7 Å². The van der Waals surface area contributed by atoms with Crippen molar-refractivity contribution in [3.63, 3.8) is 0 Å². The number of fused-ring (bicyclic) bond motifs is 3. The van der Waals surface area contributed by atoms with Gasteiger partial charge in [-0.1, -0.05) is 18.6 Å². The van der Waals surface area contributed by atoms with E-state index in [2.05, 4.69) is 5.32 Å². The van der Waals surface area contributed by atoms with E-state index in [4.69, 9.17) is 4.74 Å². The number of sulfonamides is 1. The van der Waals surface area contributed by atoms with Crippen LogP contribution in [0.5, 0.6) is 5.75 Å². The van der Waals surface area contributed by atoms with E-state index in [-0.39, 0.29) is 18.5 Å². The maximum Gasteiger partial charge on any atom is 0.261 e. The Morgan fingerprint density at radius 1 is 1.20 bits per heavy atom. The molecule has 4 atom stereocenters. The number of nitrogens with zero attached hydrogens (tertiary/aromatic N) is 1. The molecule has 2 bridgehead atoms. The van der Waals surface area contributed by atoms with Crippen LogP contribution < -0.4 is 14.4 Å². The minimum atomic E-state index is -3.42. The molecule has 6 nitrogen and oxygen atoms in total. The highest BCUT2D eigenvalue weighted by Gasteiger charge is 2.41. The van der Waals surface area contributed by atoms with Crippen molar-refractivity contribution in [2.45, 2.75) is 44.2 Å². The van der Waals surface area contributed by atoms with Crippen LogP contribution in [0.3, 0.4) is 0 Å². The van der Waals surface area contributed by atoms with Gasteiger partial charge in [0.15, 0.2) is 6.10 Å². The molecule has 25 heavy (non-hydrogen) atoms. The van der Waals surface area contributed by atoms with Crippen LogP contribution in [-0.2, 0) is 14.8 Å². The first-order chi connectivity index (χ1) is 11.9. The van der Waals surface area contributed by atoms with E-state index in [1.165, 1.54) is 29.8 Å². The van der Waals surface area contributed by atoms with Gasteiger partial charge in [0.25, 0.3) is 5.91 Å². The zero-order valence-electron chi connectivity index (χ0n) is 14.3. The monoisotopic (exact) mass is 364 g/mol. The number of hydrogen-bond donors (Lipinski definition) is 1. The number of benzene rings is 1. The van der Waals surface area contributed by atoms with Crippen LogP contribution >= 0.6 is 0 Å². The van der Waals surface area contributed by atoms with E-state index in [9.17, 15) is 13.2 Å². The summed E-state index contributed by atoms with van der Waals surface area (Å²) < 4.78 is 31.5. The van der Waals surface area contributed by atoms with Crippen molar-refractivity contribution in [1.82, 2.24) is 5.32 Å². The van der Waals surface area contributed by atoms with Crippen LogP contribution in [0.4, 0.5) is 5.69 Å². The molecule has 1 aromatic carbocycles. The smallest absolute Gasteiger partial charge is 0.261 e. The molecule has 4 unspecified atom stereocenters.